The normalized spacial score (nSPS) is 22.0. The summed E-state index contributed by atoms with van der Waals surface area (Å²) in [5, 5.41) is 2.81. The monoisotopic (exact) mass is 333 g/mol. The Kier molecular flexibility index (Phi) is 4.80. The number of hydrogen-bond donors (Lipinski definition) is 1. The third-order valence-electron chi connectivity index (χ3n) is 4.66. The Bertz CT molecular complexity index is 612. The molecule has 2 heterocycles. The quantitative estimate of drug-likeness (QED) is 0.883. The van der Waals surface area contributed by atoms with Gasteiger partial charge in [0, 0.05) is 37.6 Å². The molecule has 23 heavy (non-hydrogen) atoms. The lowest BCUT2D eigenvalue weighted by molar-refractivity contribution is -0.135. The van der Waals surface area contributed by atoms with Crippen molar-refractivity contribution in [3.8, 4) is 0 Å². The Labute approximate surface area is 141 Å². The first kappa shape index (κ1) is 16.2. The third-order valence-corrected chi connectivity index (χ3v) is 5.69. The van der Waals surface area contributed by atoms with E-state index in [0.717, 1.165) is 13.1 Å². The van der Waals surface area contributed by atoms with E-state index >= 15 is 0 Å². The lowest BCUT2D eigenvalue weighted by Crippen LogP contribution is -2.57. The number of aryl methyl sites for hydroxylation is 1. The molecular formula is C17H23N3O2S. The first-order chi connectivity index (χ1) is 11.1. The summed E-state index contributed by atoms with van der Waals surface area (Å²) in [4.78, 5) is 28.2. The van der Waals surface area contributed by atoms with Gasteiger partial charge in [0.25, 0.3) is 0 Å². The van der Waals surface area contributed by atoms with Crippen molar-refractivity contribution in [1.82, 2.24) is 10.2 Å². The first-order valence-electron chi connectivity index (χ1n) is 8.03. The molecule has 2 fully saturated rings. The summed E-state index contributed by atoms with van der Waals surface area (Å²) in [6.07, 6.45) is 0. The first-order valence-corrected chi connectivity index (χ1v) is 9.19. The summed E-state index contributed by atoms with van der Waals surface area (Å²) >= 11 is 1.53. The van der Waals surface area contributed by atoms with Gasteiger partial charge in [-0.3, -0.25) is 9.59 Å². The summed E-state index contributed by atoms with van der Waals surface area (Å²) in [5.41, 5.74) is 3.87. The number of piperazine rings is 1. The van der Waals surface area contributed by atoms with E-state index in [4.69, 9.17) is 0 Å². The molecule has 0 saturated carbocycles. The summed E-state index contributed by atoms with van der Waals surface area (Å²) < 4.78 is 0. The van der Waals surface area contributed by atoms with Crippen molar-refractivity contribution in [3.63, 3.8) is 0 Å². The minimum Gasteiger partial charge on any atom is -0.368 e. The number of rotatable bonds is 2. The number of anilines is 1. The van der Waals surface area contributed by atoms with Crippen LogP contribution in [0.15, 0.2) is 18.2 Å². The zero-order valence-electron chi connectivity index (χ0n) is 13.7. The van der Waals surface area contributed by atoms with Crippen molar-refractivity contribution in [3.05, 3.63) is 29.3 Å². The van der Waals surface area contributed by atoms with Crippen LogP contribution in [0.3, 0.4) is 0 Å². The smallest absolute Gasteiger partial charge is 0.246 e. The predicted octanol–water partition coefficient (Wildman–Crippen LogP) is 1.18. The molecule has 1 aromatic rings. The van der Waals surface area contributed by atoms with Crippen molar-refractivity contribution in [2.24, 2.45) is 0 Å². The predicted molar refractivity (Wildman–Crippen MR) is 94.0 cm³/mol. The van der Waals surface area contributed by atoms with Crippen LogP contribution in [-0.2, 0) is 9.59 Å². The summed E-state index contributed by atoms with van der Waals surface area (Å²) in [6, 6.07) is 6.01. The maximum Gasteiger partial charge on any atom is 0.246 e. The SMILES string of the molecule is Cc1cccc(N2CCN(C(=O)C3CSCC(=O)N3)CC2)c1C. The van der Waals surface area contributed by atoms with Crippen LogP contribution in [0.25, 0.3) is 0 Å². The molecule has 2 amide bonds. The lowest BCUT2D eigenvalue weighted by Gasteiger charge is -2.38. The van der Waals surface area contributed by atoms with E-state index in [0.29, 0.717) is 24.6 Å². The second-order valence-electron chi connectivity index (χ2n) is 6.17. The van der Waals surface area contributed by atoms with Crippen molar-refractivity contribution in [1.29, 1.82) is 0 Å². The summed E-state index contributed by atoms with van der Waals surface area (Å²) in [5.74, 6) is 1.17. The fraction of sp³-hybridized carbons (Fsp3) is 0.529. The number of amides is 2. The second kappa shape index (κ2) is 6.83. The van der Waals surface area contributed by atoms with Gasteiger partial charge in [0.15, 0.2) is 0 Å². The molecule has 1 aromatic carbocycles. The maximum absolute atomic E-state index is 12.5. The zero-order valence-corrected chi connectivity index (χ0v) is 14.5. The Balaban J connectivity index is 1.61. The molecule has 124 valence electrons. The molecule has 0 spiro atoms. The van der Waals surface area contributed by atoms with Crippen LogP contribution in [-0.4, -0.2) is 60.4 Å². The molecule has 0 aromatic heterocycles. The van der Waals surface area contributed by atoms with Crippen LogP contribution < -0.4 is 10.2 Å². The van der Waals surface area contributed by atoms with Gasteiger partial charge < -0.3 is 15.1 Å². The molecule has 3 rings (SSSR count). The number of thioether (sulfide) groups is 1. The van der Waals surface area contributed by atoms with Gasteiger partial charge in [-0.2, -0.15) is 0 Å². The number of nitrogens with one attached hydrogen (secondary N) is 1. The molecular weight excluding hydrogens is 310 g/mol. The van der Waals surface area contributed by atoms with Gasteiger partial charge in [-0.15, -0.1) is 11.8 Å². The highest BCUT2D eigenvalue weighted by molar-refractivity contribution is 8.00. The van der Waals surface area contributed by atoms with Crippen molar-refractivity contribution < 1.29 is 9.59 Å². The van der Waals surface area contributed by atoms with Gasteiger partial charge in [0.2, 0.25) is 11.8 Å². The number of hydrogen-bond acceptors (Lipinski definition) is 4. The molecule has 1 unspecified atom stereocenters. The molecule has 0 bridgehead atoms. The van der Waals surface area contributed by atoms with Gasteiger partial charge in [0.05, 0.1) is 5.75 Å². The van der Waals surface area contributed by atoms with Crippen LogP contribution in [0, 0.1) is 13.8 Å². The number of nitrogens with zero attached hydrogens (tertiary/aromatic N) is 2. The van der Waals surface area contributed by atoms with E-state index in [1.165, 1.54) is 28.6 Å². The molecule has 5 nitrogen and oxygen atoms in total. The average molecular weight is 333 g/mol. The minimum absolute atomic E-state index is 0.0337. The van der Waals surface area contributed by atoms with Gasteiger partial charge in [-0.1, -0.05) is 12.1 Å². The van der Waals surface area contributed by atoms with Crippen LogP contribution in [0.1, 0.15) is 11.1 Å². The Hall–Kier alpha value is -1.69. The minimum atomic E-state index is -0.353. The Morgan fingerprint density at radius 3 is 2.65 bits per heavy atom. The topological polar surface area (TPSA) is 52.7 Å². The number of benzene rings is 1. The van der Waals surface area contributed by atoms with E-state index < -0.39 is 0 Å². The van der Waals surface area contributed by atoms with Crippen LogP contribution >= 0.6 is 11.8 Å². The molecule has 6 heteroatoms. The Morgan fingerprint density at radius 1 is 1.22 bits per heavy atom. The lowest BCUT2D eigenvalue weighted by atomic mass is 10.1. The summed E-state index contributed by atoms with van der Waals surface area (Å²) in [7, 11) is 0. The van der Waals surface area contributed by atoms with E-state index in [2.05, 4.69) is 42.3 Å². The largest absolute Gasteiger partial charge is 0.368 e. The molecule has 2 aliphatic rings. The maximum atomic E-state index is 12.5. The summed E-state index contributed by atoms with van der Waals surface area (Å²) in [6.45, 7) is 7.37. The third kappa shape index (κ3) is 3.47. The molecule has 0 radical (unpaired) electrons. The molecule has 1 atom stereocenters. The fourth-order valence-corrected chi connectivity index (χ4v) is 3.99. The highest BCUT2D eigenvalue weighted by Crippen LogP contribution is 2.24. The highest BCUT2D eigenvalue weighted by atomic mass is 32.2. The van der Waals surface area contributed by atoms with Gasteiger partial charge in [-0.05, 0) is 31.0 Å². The zero-order chi connectivity index (χ0) is 16.4. The molecule has 2 aliphatic heterocycles. The number of carbonyl (C=O) groups is 2. The number of carbonyl (C=O) groups excluding carboxylic acids is 2. The van der Waals surface area contributed by atoms with Gasteiger partial charge in [0.1, 0.15) is 6.04 Å². The molecule has 0 aliphatic carbocycles. The van der Waals surface area contributed by atoms with Crippen molar-refractivity contribution in [2.75, 3.05) is 42.6 Å². The highest BCUT2D eigenvalue weighted by Gasteiger charge is 2.31. The molecule has 2 saturated heterocycles. The van der Waals surface area contributed by atoms with Gasteiger partial charge in [-0.25, -0.2) is 0 Å². The standard InChI is InChI=1S/C17H23N3O2S/c1-12-4-3-5-15(13(12)2)19-6-8-20(9-7-19)17(22)14-10-23-11-16(21)18-14/h3-5,14H,6-11H2,1-2H3,(H,18,21). The molecule has 1 N–H and O–H groups in total. The van der Waals surface area contributed by atoms with Crippen molar-refractivity contribution in [2.45, 2.75) is 19.9 Å². The van der Waals surface area contributed by atoms with Crippen molar-refractivity contribution >= 4 is 29.3 Å². The van der Waals surface area contributed by atoms with E-state index in [1.807, 2.05) is 4.90 Å². The van der Waals surface area contributed by atoms with E-state index in [1.54, 1.807) is 0 Å². The Morgan fingerprint density at radius 2 is 1.96 bits per heavy atom. The van der Waals surface area contributed by atoms with Gasteiger partial charge >= 0.3 is 0 Å². The average Bonchev–Trinajstić information content (AvgIpc) is 2.57. The fourth-order valence-electron chi connectivity index (χ4n) is 3.15. The van der Waals surface area contributed by atoms with E-state index in [9.17, 15) is 9.59 Å². The van der Waals surface area contributed by atoms with Crippen LogP contribution in [0.4, 0.5) is 5.69 Å². The van der Waals surface area contributed by atoms with E-state index in [-0.39, 0.29) is 17.9 Å². The van der Waals surface area contributed by atoms with Crippen LogP contribution in [0.2, 0.25) is 0 Å². The van der Waals surface area contributed by atoms with Crippen LogP contribution in [0.5, 0.6) is 0 Å². The second-order valence-corrected chi connectivity index (χ2v) is 7.20.